The van der Waals surface area contributed by atoms with Crippen molar-refractivity contribution >= 4 is 28.3 Å². The Morgan fingerprint density at radius 1 is 1.17 bits per heavy atom. The van der Waals surface area contributed by atoms with Gasteiger partial charge in [-0.3, -0.25) is 0 Å². The van der Waals surface area contributed by atoms with Crippen LogP contribution in [0.3, 0.4) is 0 Å². The lowest BCUT2D eigenvalue weighted by Crippen LogP contribution is -2.04. The number of aromatic nitrogens is 2. The fourth-order valence-electron chi connectivity index (χ4n) is 2.99. The minimum Gasteiger partial charge on any atom is -0.497 e. The van der Waals surface area contributed by atoms with E-state index in [-0.39, 0.29) is 11.4 Å². The van der Waals surface area contributed by atoms with E-state index >= 15 is 0 Å². The van der Waals surface area contributed by atoms with Gasteiger partial charge < -0.3 is 24.9 Å². The largest absolute Gasteiger partial charge is 0.497 e. The van der Waals surface area contributed by atoms with E-state index in [9.17, 15) is 5.26 Å². The fraction of sp³-hybridized carbons (Fsp3) is 0.136. The van der Waals surface area contributed by atoms with E-state index in [1.54, 1.807) is 13.2 Å². The summed E-state index contributed by atoms with van der Waals surface area (Å²) in [6, 6.07) is 16.6. The summed E-state index contributed by atoms with van der Waals surface area (Å²) in [4.78, 5) is 8.93. The number of nitrogen functional groups attached to an aromatic ring is 1. The van der Waals surface area contributed by atoms with Crippen LogP contribution in [0, 0.1) is 11.3 Å². The molecule has 30 heavy (non-hydrogen) atoms. The fourth-order valence-corrected chi connectivity index (χ4v) is 2.99. The van der Waals surface area contributed by atoms with E-state index in [1.807, 2.05) is 55.5 Å². The van der Waals surface area contributed by atoms with Crippen LogP contribution in [0.5, 0.6) is 11.6 Å². The predicted octanol–water partition coefficient (Wildman–Crippen LogP) is 4.49. The molecule has 4 rings (SSSR count). The lowest BCUT2D eigenvalue weighted by molar-refractivity contribution is 0.326. The number of methoxy groups -OCH3 is 1. The Hall–Kier alpha value is -4.25. The Labute approximate surface area is 172 Å². The molecule has 3 N–H and O–H groups in total. The van der Waals surface area contributed by atoms with Gasteiger partial charge >= 0.3 is 0 Å². The van der Waals surface area contributed by atoms with Gasteiger partial charge in [0.2, 0.25) is 11.8 Å². The molecule has 4 aromatic rings. The molecule has 0 fully saturated rings. The lowest BCUT2D eigenvalue weighted by atomic mass is 10.2. The molecule has 0 aliphatic heterocycles. The molecule has 2 heterocycles. The van der Waals surface area contributed by atoms with Gasteiger partial charge in [-0.15, -0.1) is 0 Å². The molecule has 0 atom stereocenters. The van der Waals surface area contributed by atoms with Crippen molar-refractivity contribution in [3.05, 3.63) is 54.1 Å². The standard InChI is InChI=1S/C22H19N5O3/c1-3-29-22-16(12-23)17(24)11-20(27-22)25-14-7-8-19-18(10-14)26-21(30-19)13-5-4-6-15(9-13)28-2/h4-11H,3H2,1-2H3,(H3,24,25,27). The van der Waals surface area contributed by atoms with Crippen molar-refractivity contribution < 1.29 is 13.9 Å². The van der Waals surface area contributed by atoms with E-state index in [4.69, 9.17) is 19.6 Å². The molecule has 0 amide bonds. The number of rotatable bonds is 6. The number of hydrogen-bond acceptors (Lipinski definition) is 8. The van der Waals surface area contributed by atoms with Crippen molar-refractivity contribution in [2.75, 3.05) is 24.8 Å². The Morgan fingerprint density at radius 2 is 2.03 bits per heavy atom. The highest BCUT2D eigenvalue weighted by Gasteiger charge is 2.13. The second kappa shape index (κ2) is 8.01. The molecule has 2 aromatic carbocycles. The van der Waals surface area contributed by atoms with Gasteiger partial charge in [-0.05, 0) is 43.3 Å². The van der Waals surface area contributed by atoms with Gasteiger partial charge in [0, 0.05) is 17.3 Å². The summed E-state index contributed by atoms with van der Waals surface area (Å²) in [6.07, 6.45) is 0. The van der Waals surface area contributed by atoms with Crippen LogP contribution in [0.25, 0.3) is 22.6 Å². The number of oxazole rings is 1. The number of nitrogens with zero attached hydrogens (tertiary/aromatic N) is 3. The Balaban J connectivity index is 1.65. The van der Waals surface area contributed by atoms with Gasteiger partial charge in [-0.1, -0.05) is 6.07 Å². The molecule has 0 spiro atoms. The monoisotopic (exact) mass is 401 g/mol. The number of benzene rings is 2. The number of fused-ring (bicyclic) bond motifs is 1. The quantitative estimate of drug-likeness (QED) is 0.485. The zero-order valence-corrected chi connectivity index (χ0v) is 16.5. The summed E-state index contributed by atoms with van der Waals surface area (Å²) in [7, 11) is 1.62. The SMILES string of the molecule is CCOc1nc(Nc2ccc3oc(-c4cccc(OC)c4)nc3c2)cc(N)c1C#N. The average molecular weight is 401 g/mol. The topological polar surface area (TPSA) is 119 Å². The first-order valence-electron chi connectivity index (χ1n) is 9.26. The highest BCUT2D eigenvalue weighted by molar-refractivity contribution is 5.81. The van der Waals surface area contributed by atoms with Gasteiger partial charge in [-0.25, -0.2) is 4.98 Å². The van der Waals surface area contributed by atoms with Crippen molar-refractivity contribution in [2.24, 2.45) is 0 Å². The number of nitrogens with one attached hydrogen (secondary N) is 1. The van der Waals surface area contributed by atoms with Gasteiger partial charge in [0.25, 0.3) is 0 Å². The summed E-state index contributed by atoms with van der Waals surface area (Å²) >= 11 is 0. The maximum absolute atomic E-state index is 9.26. The van der Waals surface area contributed by atoms with Crippen LogP contribution in [-0.4, -0.2) is 23.7 Å². The third-order valence-corrected chi connectivity index (χ3v) is 4.39. The molecule has 8 nitrogen and oxygen atoms in total. The molecule has 0 saturated carbocycles. The Bertz CT molecular complexity index is 1260. The molecule has 150 valence electrons. The summed E-state index contributed by atoms with van der Waals surface area (Å²) in [6.45, 7) is 2.19. The molecule has 2 aromatic heterocycles. The van der Waals surface area contributed by atoms with E-state index in [0.717, 1.165) is 17.0 Å². The maximum Gasteiger partial charge on any atom is 0.235 e. The number of pyridine rings is 1. The molecule has 8 heteroatoms. The van der Waals surface area contributed by atoms with E-state index in [2.05, 4.69) is 15.3 Å². The molecular formula is C22H19N5O3. The molecule has 0 unspecified atom stereocenters. The molecule has 0 saturated heterocycles. The van der Waals surface area contributed by atoms with Crippen LogP contribution in [0.15, 0.2) is 52.9 Å². The minimum absolute atomic E-state index is 0.199. The first-order chi connectivity index (χ1) is 14.6. The second-order valence-electron chi connectivity index (χ2n) is 6.38. The highest BCUT2D eigenvalue weighted by atomic mass is 16.5. The highest BCUT2D eigenvalue weighted by Crippen LogP contribution is 2.30. The summed E-state index contributed by atoms with van der Waals surface area (Å²) in [5.74, 6) is 1.89. The third kappa shape index (κ3) is 3.69. The number of nitrogens with two attached hydrogens (primary N) is 1. The van der Waals surface area contributed by atoms with Gasteiger partial charge in [0.15, 0.2) is 5.58 Å². The first-order valence-corrected chi connectivity index (χ1v) is 9.26. The number of ether oxygens (including phenoxy) is 2. The van der Waals surface area contributed by atoms with Crippen molar-refractivity contribution in [3.63, 3.8) is 0 Å². The van der Waals surface area contributed by atoms with Crippen molar-refractivity contribution in [3.8, 4) is 29.2 Å². The molecule has 0 radical (unpaired) electrons. The van der Waals surface area contributed by atoms with Gasteiger partial charge in [-0.2, -0.15) is 10.2 Å². The summed E-state index contributed by atoms with van der Waals surface area (Å²) < 4.78 is 16.6. The third-order valence-electron chi connectivity index (χ3n) is 4.39. The molecule has 0 aliphatic carbocycles. The van der Waals surface area contributed by atoms with E-state index in [1.165, 1.54) is 0 Å². The van der Waals surface area contributed by atoms with Gasteiger partial charge in [0.05, 0.1) is 19.4 Å². The Morgan fingerprint density at radius 3 is 2.80 bits per heavy atom. The van der Waals surface area contributed by atoms with Crippen LogP contribution in [0.2, 0.25) is 0 Å². The first kappa shape index (κ1) is 19.1. The van der Waals surface area contributed by atoms with Crippen LogP contribution in [0.4, 0.5) is 17.2 Å². The van der Waals surface area contributed by atoms with Crippen LogP contribution < -0.4 is 20.5 Å². The number of nitriles is 1. The predicted molar refractivity (Wildman–Crippen MR) is 114 cm³/mol. The van der Waals surface area contributed by atoms with Crippen LogP contribution >= 0.6 is 0 Å². The number of hydrogen-bond donors (Lipinski definition) is 2. The van der Waals surface area contributed by atoms with Gasteiger partial charge in [0.1, 0.15) is 28.7 Å². The smallest absolute Gasteiger partial charge is 0.235 e. The van der Waals surface area contributed by atoms with E-state index < -0.39 is 0 Å². The average Bonchev–Trinajstić information content (AvgIpc) is 3.17. The van der Waals surface area contributed by atoms with Crippen LogP contribution in [-0.2, 0) is 0 Å². The van der Waals surface area contributed by atoms with Crippen molar-refractivity contribution in [1.29, 1.82) is 5.26 Å². The lowest BCUT2D eigenvalue weighted by Gasteiger charge is -2.11. The summed E-state index contributed by atoms with van der Waals surface area (Å²) in [5, 5.41) is 12.4. The normalized spacial score (nSPS) is 10.6. The number of anilines is 3. The molecular weight excluding hydrogens is 382 g/mol. The Kier molecular flexibility index (Phi) is 5.09. The zero-order valence-electron chi connectivity index (χ0n) is 16.5. The zero-order chi connectivity index (χ0) is 21.1. The maximum atomic E-state index is 9.26. The second-order valence-corrected chi connectivity index (χ2v) is 6.38. The van der Waals surface area contributed by atoms with Crippen molar-refractivity contribution in [1.82, 2.24) is 9.97 Å². The van der Waals surface area contributed by atoms with E-state index in [0.29, 0.717) is 35.1 Å². The minimum atomic E-state index is 0.199. The molecule has 0 aliphatic rings. The summed E-state index contributed by atoms with van der Waals surface area (Å²) in [5.41, 5.74) is 9.39. The van der Waals surface area contributed by atoms with Crippen molar-refractivity contribution in [2.45, 2.75) is 6.92 Å². The van der Waals surface area contributed by atoms with Crippen LogP contribution in [0.1, 0.15) is 12.5 Å². The molecule has 0 bridgehead atoms.